The van der Waals surface area contributed by atoms with Gasteiger partial charge in [0.2, 0.25) is 5.88 Å². The van der Waals surface area contributed by atoms with Crippen LogP contribution in [0, 0.1) is 0 Å². The fourth-order valence-electron chi connectivity index (χ4n) is 2.41. The molecule has 3 aromatic rings. The van der Waals surface area contributed by atoms with Crippen molar-refractivity contribution >= 4 is 33.3 Å². The molecule has 0 aliphatic carbocycles. The first kappa shape index (κ1) is 18.2. The third-order valence-corrected chi connectivity index (χ3v) is 4.81. The monoisotopic (exact) mass is 372 g/mol. The molecule has 0 amide bonds. The minimum absolute atomic E-state index is 0.269. The smallest absolute Gasteiger partial charge is 0.240 e. The Balaban J connectivity index is 1.80. The molecule has 3 rings (SSSR count). The molecule has 0 saturated heterocycles. The van der Waals surface area contributed by atoms with Crippen molar-refractivity contribution in [1.29, 1.82) is 0 Å². The third kappa shape index (κ3) is 4.16. The fourth-order valence-corrected chi connectivity index (χ4v) is 3.35. The first-order chi connectivity index (χ1) is 12.6. The van der Waals surface area contributed by atoms with Crippen LogP contribution in [0.5, 0.6) is 5.88 Å². The van der Waals surface area contributed by atoms with E-state index >= 15 is 0 Å². The zero-order valence-electron chi connectivity index (χ0n) is 14.5. The van der Waals surface area contributed by atoms with Crippen LogP contribution in [0.3, 0.4) is 0 Å². The van der Waals surface area contributed by atoms with E-state index in [4.69, 9.17) is 4.74 Å². The molecule has 0 saturated carbocycles. The number of fused-ring (bicyclic) bond motifs is 1. The molecule has 2 aromatic heterocycles. The molecule has 1 aromatic carbocycles. The van der Waals surface area contributed by atoms with E-state index in [2.05, 4.69) is 20.0 Å². The van der Waals surface area contributed by atoms with Gasteiger partial charge in [-0.2, -0.15) is 0 Å². The molecule has 3 N–H and O–H groups in total. The van der Waals surface area contributed by atoms with Crippen LogP contribution in [0.2, 0.25) is 0 Å². The normalized spacial score (nSPS) is 13.3. The lowest BCUT2D eigenvalue weighted by atomic mass is 10.2. The minimum Gasteiger partial charge on any atom is -0.479 e. The second-order valence-electron chi connectivity index (χ2n) is 5.69. The van der Waals surface area contributed by atoms with Gasteiger partial charge >= 0.3 is 0 Å². The van der Waals surface area contributed by atoms with Crippen LogP contribution in [0.1, 0.15) is 6.92 Å². The molecule has 0 fully saturated rings. The molecule has 2 heterocycles. The number of methoxy groups -OCH3 is 1. The Labute approximate surface area is 154 Å². The summed E-state index contributed by atoms with van der Waals surface area (Å²) in [7, 11) is 0.206. The molecule has 0 spiro atoms. The van der Waals surface area contributed by atoms with Crippen LogP contribution in [-0.4, -0.2) is 39.0 Å². The van der Waals surface area contributed by atoms with Crippen molar-refractivity contribution in [3.63, 3.8) is 0 Å². The Hall–Kier alpha value is -2.55. The highest BCUT2D eigenvalue weighted by Crippen LogP contribution is 2.29. The van der Waals surface area contributed by atoms with Gasteiger partial charge in [-0.15, -0.1) is 0 Å². The second kappa shape index (κ2) is 8.22. The number of nitrogens with zero attached hydrogens (tertiary/aromatic N) is 2. The Morgan fingerprint density at radius 1 is 1.15 bits per heavy atom. The van der Waals surface area contributed by atoms with E-state index in [1.165, 1.54) is 0 Å². The van der Waals surface area contributed by atoms with Crippen LogP contribution in [0.4, 0.5) is 11.4 Å². The maximum absolute atomic E-state index is 12.1. The number of benzene rings is 1. The number of hydrogen-bond acceptors (Lipinski definition) is 6. The molecular weight excluding hydrogens is 352 g/mol. The molecule has 2 atom stereocenters. The SMILES string of the molecule is COc1nccc2c(Nc3ccc(S(=O)NCC(C)O)cc3)ccnc12. The van der Waals surface area contributed by atoms with E-state index < -0.39 is 17.1 Å². The van der Waals surface area contributed by atoms with Crippen molar-refractivity contribution in [2.24, 2.45) is 0 Å². The highest BCUT2D eigenvalue weighted by molar-refractivity contribution is 7.83. The Morgan fingerprint density at radius 2 is 1.88 bits per heavy atom. The van der Waals surface area contributed by atoms with Crippen molar-refractivity contribution in [3.8, 4) is 5.88 Å². The van der Waals surface area contributed by atoms with Gasteiger partial charge in [0.15, 0.2) is 0 Å². The third-order valence-electron chi connectivity index (χ3n) is 3.68. The van der Waals surface area contributed by atoms with Crippen LogP contribution < -0.4 is 14.8 Å². The predicted octanol–water partition coefficient (Wildman–Crippen LogP) is 2.38. The number of hydrogen-bond donors (Lipinski definition) is 3. The highest BCUT2D eigenvalue weighted by atomic mass is 32.2. The van der Waals surface area contributed by atoms with E-state index in [1.807, 2.05) is 24.3 Å². The second-order valence-corrected chi connectivity index (χ2v) is 6.99. The molecule has 0 aliphatic rings. The van der Waals surface area contributed by atoms with E-state index in [0.29, 0.717) is 16.3 Å². The molecule has 8 heteroatoms. The summed E-state index contributed by atoms with van der Waals surface area (Å²) in [5.41, 5.74) is 2.40. The van der Waals surface area contributed by atoms with Crippen LogP contribution in [-0.2, 0) is 11.0 Å². The largest absolute Gasteiger partial charge is 0.479 e. The Bertz CT molecular complexity index is 916. The van der Waals surface area contributed by atoms with Gasteiger partial charge in [0.25, 0.3) is 0 Å². The molecule has 7 nitrogen and oxygen atoms in total. The molecule has 0 radical (unpaired) electrons. The maximum Gasteiger partial charge on any atom is 0.240 e. The number of aliphatic hydroxyl groups is 1. The van der Waals surface area contributed by atoms with E-state index in [9.17, 15) is 9.32 Å². The molecule has 136 valence electrons. The first-order valence-electron chi connectivity index (χ1n) is 8.06. The van der Waals surface area contributed by atoms with Gasteiger partial charge in [-0.3, -0.25) is 4.98 Å². The van der Waals surface area contributed by atoms with E-state index in [0.717, 1.165) is 16.8 Å². The van der Waals surface area contributed by atoms with Crippen molar-refractivity contribution in [1.82, 2.24) is 14.7 Å². The number of aromatic nitrogens is 2. The number of rotatable bonds is 7. The average Bonchev–Trinajstić information content (AvgIpc) is 2.66. The van der Waals surface area contributed by atoms with Crippen LogP contribution >= 0.6 is 0 Å². The standard InChI is InChI=1S/C18H20N4O3S/c1-12(23)11-21-26(24)14-5-3-13(4-6-14)22-16-8-10-19-17-15(16)7-9-20-18(17)25-2/h3-10,12,21,23H,11H2,1-2H3,(H,19,22). The topological polar surface area (TPSA) is 96.4 Å². The summed E-state index contributed by atoms with van der Waals surface area (Å²) in [6.45, 7) is 1.91. The Morgan fingerprint density at radius 3 is 2.58 bits per heavy atom. The molecular formula is C18H20N4O3S. The summed E-state index contributed by atoms with van der Waals surface area (Å²) in [5.74, 6) is 0.473. The molecule has 26 heavy (non-hydrogen) atoms. The number of aliphatic hydroxyl groups excluding tert-OH is 1. The lowest BCUT2D eigenvalue weighted by molar-refractivity contribution is 0.199. The maximum atomic E-state index is 12.1. The summed E-state index contributed by atoms with van der Waals surface area (Å²) in [4.78, 5) is 9.13. The van der Waals surface area contributed by atoms with Gasteiger partial charge in [0, 0.05) is 35.7 Å². The zero-order chi connectivity index (χ0) is 18.5. The van der Waals surface area contributed by atoms with Gasteiger partial charge in [0.1, 0.15) is 16.5 Å². The lowest BCUT2D eigenvalue weighted by Gasteiger charge is -2.11. The number of pyridine rings is 2. The van der Waals surface area contributed by atoms with E-state index in [1.54, 1.807) is 38.6 Å². The van der Waals surface area contributed by atoms with Crippen LogP contribution in [0.25, 0.3) is 10.9 Å². The molecule has 0 bridgehead atoms. The van der Waals surface area contributed by atoms with Crippen molar-refractivity contribution in [2.45, 2.75) is 17.9 Å². The van der Waals surface area contributed by atoms with Gasteiger partial charge < -0.3 is 15.2 Å². The van der Waals surface area contributed by atoms with Crippen molar-refractivity contribution in [3.05, 3.63) is 48.8 Å². The predicted molar refractivity (Wildman–Crippen MR) is 102 cm³/mol. The van der Waals surface area contributed by atoms with E-state index in [-0.39, 0.29) is 6.54 Å². The number of anilines is 2. The summed E-state index contributed by atoms with van der Waals surface area (Å²) in [5, 5.41) is 13.5. The van der Waals surface area contributed by atoms with Gasteiger partial charge in [-0.05, 0) is 43.3 Å². The highest BCUT2D eigenvalue weighted by Gasteiger charge is 2.09. The zero-order valence-corrected chi connectivity index (χ0v) is 15.3. The van der Waals surface area contributed by atoms with Crippen molar-refractivity contribution in [2.75, 3.05) is 19.0 Å². The summed E-state index contributed by atoms with van der Waals surface area (Å²) >= 11 is 0. The first-order valence-corrected chi connectivity index (χ1v) is 9.21. The average molecular weight is 372 g/mol. The van der Waals surface area contributed by atoms with Gasteiger partial charge in [0.05, 0.1) is 18.1 Å². The molecule has 0 aliphatic heterocycles. The summed E-state index contributed by atoms with van der Waals surface area (Å²) in [6, 6.07) is 11.0. The lowest BCUT2D eigenvalue weighted by Crippen LogP contribution is -2.26. The number of nitrogens with one attached hydrogen (secondary N) is 2. The molecule has 2 unspecified atom stereocenters. The summed E-state index contributed by atoms with van der Waals surface area (Å²) < 4.78 is 20.1. The Kier molecular flexibility index (Phi) is 5.77. The fraction of sp³-hybridized carbons (Fsp3) is 0.222. The minimum atomic E-state index is -1.36. The quantitative estimate of drug-likeness (QED) is 0.589. The van der Waals surface area contributed by atoms with Crippen LogP contribution in [0.15, 0.2) is 53.7 Å². The summed E-state index contributed by atoms with van der Waals surface area (Å²) in [6.07, 6.45) is 2.82. The van der Waals surface area contributed by atoms with Gasteiger partial charge in [-0.25, -0.2) is 13.9 Å². The van der Waals surface area contributed by atoms with Crippen molar-refractivity contribution < 1.29 is 14.1 Å². The van der Waals surface area contributed by atoms with Gasteiger partial charge in [-0.1, -0.05) is 0 Å². The number of ether oxygens (including phenoxy) is 1.